The van der Waals surface area contributed by atoms with Crippen molar-refractivity contribution in [1.29, 1.82) is 0 Å². The summed E-state index contributed by atoms with van der Waals surface area (Å²) in [4.78, 5) is 12.4. The first-order valence-corrected chi connectivity index (χ1v) is 9.48. The van der Waals surface area contributed by atoms with Gasteiger partial charge in [-0.3, -0.25) is 9.48 Å². The number of nitrogens with one attached hydrogen (secondary N) is 1. The fourth-order valence-electron chi connectivity index (χ4n) is 3.97. The molecule has 2 aromatic carbocycles. The number of amides is 1. The van der Waals surface area contributed by atoms with Crippen molar-refractivity contribution in [2.24, 2.45) is 7.05 Å². The molecular weight excluding hydrogens is 322 g/mol. The summed E-state index contributed by atoms with van der Waals surface area (Å²) in [6, 6.07) is 15.1. The molecule has 4 rings (SSSR count). The molecule has 4 heteroatoms. The summed E-state index contributed by atoms with van der Waals surface area (Å²) in [6.07, 6.45) is 7.45. The Kier molecular flexibility index (Phi) is 4.74. The zero-order valence-corrected chi connectivity index (χ0v) is 15.2. The summed E-state index contributed by atoms with van der Waals surface area (Å²) in [5.41, 5.74) is 3.75. The first kappa shape index (κ1) is 16.8. The minimum Gasteiger partial charge on any atom is -0.349 e. The van der Waals surface area contributed by atoms with Crippen LogP contribution in [0.5, 0.6) is 0 Å². The minimum absolute atomic E-state index is 0.126. The number of benzene rings is 2. The maximum atomic E-state index is 12.4. The van der Waals surface area contributed by atoms with E-state index in [1.54, 1.807) is 0 Å². The van der Waals surface area contributed by atoms with Gasteiger partial charge in [0, 0.05) is 24.7 Å². The van der Waals surface area contributed by atoms with Crippen LogP contribution in [0.3, 0.4) is 0 Å². The van der Waals surface area contributed by atoms with Crippen LogP contribution in [0.15, 0.2) is 48.7 Å². The predicted octanol–water partition coefficient (Wildman–Crippen LogP) is 4.09. The van der Waals surface area contributed by atoms with Crippen molar-refractivity contribution in [2.75, 3.05) is 0 Å². The molecule has 26 heavy (non-hydrogen) atoms. The number of hydrogen-bond acceptors (Lipinski definition) is 2. The van der Waals surface area contributed by atoms with Gasteiger partial charge < -0.3 is 5.32 Å². The zero-order chi connectivity index (χ0) is 17.9. The standard InChI is InChI=1S/C22H25N3O/c1-25-21-10-5-9-20(19(21)15-23-25)24-22(26)11-4-6-16-12-13-17-7-2-3-8-18(17)14-16/h2-3,7-8,12-15,20H,4-6,9-11H2,1H3,(H,24,26)/t20-/m0/s1. The summed E-state index contributed by atoms with van der Waals surface area (Å²) in [5, 5.41) is 10.1. The van der Waals surface area contributed by atoms with E-state index in [0.29, 0.717) is 6.42 Å². The highest BCUT2D eigenvalue weighted by Gasteiger charge is 2.24. The summed E-state index contributed by atoms with van der Waals surface area (Å²) < 4.78 is 1.94. The average Bonchev–Trinajstić information content (AvgIpc) is 3.04. The van der Waals surface area contributed by atoms with E-state index < -0.39 is 0 Å². The second-order valence-electron chi connectivity index (χ2n) is 7.22. The summed E-state index contributed by atoms with van der Waals surface area (Å²) in [7, 11) is 1.98. The molecule has 1 aliphatic rings. The first-order valence-electron chi connectivity index (χ1n) is 9.48. The van der Waals surface area contributed by atoms with Gasteiger partial charge in [-0.05, 0) is 48.4 Å². The van der Waals surface area contributed by atoms with E-state index in [9.17, 15) is 4.79 Å². The highest BCUT2D eigenvalue weighted by molar-refractivity contribution is 5.83. The number of fused-ring (bicyclic) bond motifs is 2. The van der Waals surface area contributed by atoms with Crippen molar-refractivity contribution >= 4 is 16.7 Å². The molecule has 0 spiro atoms. The van der Waals surface area contributed by atoms with Gasteiger partial charge in [-0.15, -0.1) is 0 Å². The van der Waals surface area contributed by atoms with Crippen LogP contribution >= 0.6 is 0 Å². The Bertz CT molecular complexity index is 928. The van der Waals surface area contributed by atoms with Crippen LogP contribution in [0, 0.1) is 0 Å². The number of aromatic nitrogens is 2. The molecular formula is C22H25N3O. The Morgan fingerprint density at radius 3 is 2.96 bits per heavy atom. The lowest BCUT2D eigenvalue weighted by Gasteiger charge is -2.23. The van der Waals surface area contributed by atoms with Gasteiger partial charge >= 0.3 is 0 Å². The monoisotopic (exact) mass is 347 g/mol. The second-order valence-corrected chi connectivity index (χ2v) is 7.22. The molecule has 1 aliphatic carbocycles. The van der Waals surface area contributed by atoms with Crippen molar-refractivity contribution in [3.05, 3.63) is 65.5 Å². The van der Waals surface area contributed by atoms with E-state index in [1.165, 1.54) is 27.6 Å². The van der Waals surface area contributed by atoms with E-state index in [4.69, 9.17) is 0 Å². The van der Waals surface area contributed by atoms with Crippen molar-refractivity contribution in [3.63, 3.8) is 0 Å². The minimum atomic E-state index is 0.126. The second kappa shape index (κ2) is 7.32. The molecule has 0 radical (unpaired) electrons. The molecule has 3 aromatic rings. The maximum absolute atomic E-state index is 12.4. The fourth-order valence-corrected chi connectivity index (χ4v) is 3.97. The molecule has 0 bridgehead atoms. The van der Waals surface area contributed by atoms with E-state index in [0.717, 1.165) is 32.1 Å². The normalized spacial score (nSPS) is 16.4. The van der Waals surface area contributed by atoms with Crippen LogP contribution in [0.25, 0.3) is 10.8 Å². The molecule has 1 N–H and O–H groups in total. The molecule has 0 aliphatic heterocycles. The van der Waals surface area contributed by atoms with Crippen LogP contribution in [-0.4, -0.2) is 15.7 Å². The molecule has 1 aromatic heterocycles. The largest absolute Gasteiger partial charge is 0.349 e. The predicted molar refractivity (Wildman–Crippen MR) is 104 cm³/mol. The van der Waals surface area contributed by atoms with E-state index >= 15 is 0 Å². The van der Waals surface area contributed by atoms with Gasteiger partial charge in [-0.1, -0.05) is 42.5 Å². The molecule has 0 saturated heterocycles. The Labute approximate surface area is 154 Å². The van der Waals surface area contributed by atoms with Gasteiger partial charge in [0.2, 0.25) is 5.91 Å². The van der Waals surface area contributed by atoms with Crippen LogP contribution in [0.1, 0.15) is 48.5 Å². The van der Waals surface area contributed by atoms with Gasteiger partial charge in [0.05, 0.1) is 12.2 Å². The van der Waals surface area contributed by atoms with Crippen LogP contribution in [0.2, 0.25) is 0 Å². The number of rotatable bonds is 5. The van der Waals surface area contributed by atoms with Crippen molar-refractivity contribution < 1.29 is 4.79 Å². The van der Waals surface area contributed by atoms with E-state index in [-0.39, 0.29) is 11.9 Å². The lowest BCUT2D eigenvalue weighted by atomic mass is 9.93. The highest BCUT2D eigenvalue weighted by atomic mass is 16.1. The molecule has 134 valence electrons. The summed E-state index contributed by atoms with van der Waals surface area (Å²) in [6.45, 7) is 0. The smallest absolute Gasteiger partial charge is 0.220 e. The van der Waals surface area contributed by atoms with Gasteiger partial charge in [-0.25, -0.2) is 0 Å². The molecule has 1 heterocycles. The fraction of sp³-hybridized carbons (Fsp3) is 0.364. The van der Waals surface area contributed by atoms with E-state index in [1.807, 2.05) is 17.9 Å². The van der Waals surface area contributed by atoms with E-state index in [2.05, 4.69) is 52.9 Å². The Morgan fingerprint density at radius 1 is 1.23 bits per heavy atom. The molecule has 1 amide bonds. The number of nitrogens with zero attached hydrogens (tertiary/aromatic N) is 2. The molecule has 4 nitrogen and oxygen atoms in total. The van der Waals surface area contributed by atoms with Crippen LogP contribution < -0.4 is 5.32 Å². The van der Waals surface area contributed by atoms with Crippen LogP contribution in [0.4, 0.5) is 0 Å². The first-order chi connectivity index (χ1) is 12.7. The SMILES string of the molecule is Cn1ncc2c1CCC[C@@H]2NC(=O)CCCc1ccc2ccccc2c1. The average molecular weight is 347 g/mol. The van der Waals surface area contributed by atoms with Gasteiger partial charge in [0.25, 0.3) is 0 Å². The maximum Gasteiger partial charge on any atom is 0.220 e. The topological polar surface area (TPSA) is 46.9 Å². The third-order valence-electron chi connectivity index (χ3n) is 5.39. The highest BCUT2D eigenvalue weighted by Crippen LogP contribution is 2.29. The van der Waals surface area contributed by atoms with Crippen molar-refractivity contribution in [2.45, 2.75) is 44.6 Å². The quantitative estimate of drug-likeness (QED) is 0.756. The summed E-state index contributed by atoms with van der Waals surface area (Å²) >= 11 is 0. The van der Waals surface area contributed by atoms with Gasteiger partial charge in [0.1, 0.15) is 0 Å². The number of carbonyl (C=O) groups excluding carboxylic acids is 1. The Balaban J connectivity index is 1.31. The Hall–Kier alpha value is -2.62. The molecule has 1 atom stereocenters. The van der Waals surface area contributed by atoms with Crippen molar-refractivity contribution in [3.8, 4) is 0 Å². The van der Waals surface area contributed by atoms with Gasteiger partial charge in [0.15, 0.2) is 0 Å². The lowest BCUT2D eigenvalue weighted by molar-refractivity contribution is -0.122. The lowest BCUT2D eigenvalue weighted by Crippen LogP contribution is -2.30. The zero-order valence-electron chi connectivity index (χ0n) is 15.2. The molecule has 0 unspecified atom stereocenters. The number of carbonyl (C=O) groups is 1. The third kappa shape index (κ3) is 3.50. The molecule has 0 saturated carbocycles. The Morgan fingerprint density at radius 2 is 2.08 bits per heavy atom. The van der Waals surface area contributed by atoms with Crippen LogP contribution in [-0.2, 0) is 24.7 Å². The third-order valence-corrected chi connectivity index (χ3v) is 5.39. The number of hydrogen-bond donors (Lipinski definition) is 1. The van der Waals surface area contributed by atoms with Gasteiger partial charge in [-0.2, -0.15) is 5.10 Å². The molecule has 0 fully saturated rings. The summed E-state index contributed by atoms with van der Waals surface area (Å²) in [5.74, 6) is 0.146. The number of aryl methyl sites for hydroxylation is 2. The van der Waals surface area contributed by atoms with Crippen molar-refractivity contribution in [1.82, 2.24) is 15.1 Å².